The van der Waals surface area contributed by atoms with Crippen LogP contribution in [0.25, 0.3) is 16.7 Å². The molecule has 0 spiro atoms. The van der Waals surface area contributed by atoms with Crippen molar-refractivity contribution < 1.29 is 9.18 Å². The number of anilines is 1. The normalized spacial score (nSPS) is 11.3. The van der Waals surface area contributed by atoms with Crippen molar-refractivity contribution in [3.8, 4) is 5.69 Å². The van der Waals surface area contributed by atoms with Crippen LogP contribution in [0.5, 0.6) is 0 Å². The number of fused-ring (bicyclic) bond motifs is 1. The highest BCUT2D eigenvalue weighted by atomic mass is 19.1. The third-order valence-electron chi connectivity index (χ3n) is 5.37. The van der Waals surface area contributed by atoms with Crippen LogP contribution in [-0.4, -0.2) is 25.2 Å². The van der Waals surface area contributed by atoms with Gasteiger partial charge in [0.1, 0.15) is 17.0 Å². The van der Waals surface area contributed by atoms with Crippen LogP contribution in [0.3, 0.4) is 0 Å². The molecular formula is C24H24FN5O2. The second-order valence-corrected chi connectivity index (χ2v) is 7.96. The highest BCUT2D eigenvalue weighted by molar-refractivity contribution is 5.90. The minimum absolute atomic E-state index is 0.131. The van der Waals surface area contributed by atoms with Gasteiger partial charge in [-0.25, -0.2) is 14.1 Å². The van der Waals surface area contributed by atoms with Crippen molar-refractivity contribution in [3.05, 3.63) is 82.3 Å². The Morgan fingerprint density at radius 2 is 1.78 bits per heavy atom. The predicted molar refractivity (Wildman–Crippen MR) is 122 cm³/mol. The van der Waals surface area contributed by atoms with E-state index in [1.54, 1.807) is 19.1 Å². The number of aromatic nitrogens is 4. The van der Waals surface area contributed by atoms with E-state index in [0.29, 0.717) is 28.5 Å². The van der Waals surface area contributed by atoms with Crippen molar-refractivity contribution in [1.29, 1.82) is 0 Å². The average molecular weight is 433 g/mol. The Labute approximate surface area is 184 Å². The number of nitrogens with zero attached hydrogens (tertiary/aromatic N) is 4. The fourth-order valence-corrected chi connectivity index (χ4v) is 3.53. The van der Waals surface area contributed by atoms with Crippen LogP contribution in [0.1, 0.15) is 37.6 Å². The van der Waals surface area contributed by atoms with Gasteiger partial charge in [-0.2, -0.15) is 5.10 Å². The first-order chi connectivity index (χ1) is 15.3. The SMILES string of the molecule is Cc1nc2c(cnn2-c2ccc(F)cc2)c(=O)n1CCC(=O)Nc1ccc(C(C)C)cc1. The Morgan fingerprint density at radius 1 is 1.09 bits per heavy atom. The van der Waals surface area contributed by atoms with Crippen molar-refractivity contribution in [2.45, 2.75) is 39.7 Å². The van der Waals surface area contributed by atoms with E-state index in [9.17, 15) is 14.0 Å². The van der Waals surface area contributed by atoms with Gasteiger partial charge in [0.25, 0.3) is 5.56 Å². The van der Waals surface area contributed by atoms with Gasteiger partial charge < -0.3 is 5.32 Å². The molecule has 0 atom stereocenters. The minimum atomic E-state index is -0.356. The maximum atomic E-state index is 13.2. The lowest BCUT2D eigenvalue weighted by Crippen LogP contribution is -2.26. The van der Waals surface area contributed by atoms with E-state index in [-0.39, 0.29) is 30.2 Å². The van der Waals surface area contributed by atoms with Crippen LogP contribution in [0.2, 0.25) is 0 Å². The largest absolute Gasteiger partial charge is 0.326 e. The molecule has 2 heterocycles. The van der Waals surface area contributed by atoms with E-state index < -0.39 is 0 Å². The highest BCUT2D eigenvalue weighted by Crippen LogP contribution is 2.18. The Morgan fingerprint density at radius 3 is 2.44 bits per heavy atom. The van der Waals surface area contributed by atoms with Gasteiger partial charge in [-0.05, 0) is 54.8 Å². The molecular weight excluding hydrogens is 409 g/mol. The summed E-state index contributed by atoms with van der Waals surface area (Å²) in [7, 11) is 0. The van der Waals surface area contributed by atoms with Gasteiger partial charge in [0.15, 0.2) is 5.65 Å². The molecule has 0 aliphatic heterocycles. The summed E-state index contributed by atoms with van der Waals surface area (Å²) in [4.78, 5) is 29.9. The minimum Gasteiger partial charge on any atom is -0.326 e. The second kappa shape index (κ2) is 8.74. The van der Waals surface area contributed by atoms with Gasteiger partial charge in [-0.15, -0.1) is 0 Å². The summed E-state index contributed by atoms with van der Waals surface area (Å²) in [6.45, 7) is 6.14. The summed E-state index contributed by atoms with van der Waals surface area (Å²) in [6, 6.07) is 13.5. The summed E-state index contributed by atoms with van der Waals surface area (Å²) >= 11 is 0. The molecule has 0 aliphatic carbocycles. The lowest BCUT2D eigenvalue weighted by atomic mass is 10.0. The van der Waals surface area contributed by atoms with Crippen molar-refractivity contribution in [2.24, 2.45) is 0 Å². The fourth-order valence-electron chi connectivity index (χ4n) is 3.53. The molecule has 8 heteroatoms. The number of nitrogens with one attached hydrogen (secondary N) is 1. The van der Waals surface area contributed by atoms with Crippen molar-refractivity contribution in [2.75, 3.05) is 5.32 Å². The Kier molecular flexibility index (Phi) is 5.85. The van der Waals surface area contributed by atoms with Crippen LogP contribution in [-0.2, 0) is 11.3 Å². The van der Waals surface area contributed by atoms with Crippen LogP contribution in [0.4, 0.5) is 10.1 Å². The van der Waals surface area contributed by atoms with Gasteiger partial charge in [0, 0.05) is 18.7 Å². The molecule has 4 rings (SSSR count). The van der Waals surface area contributed by atoms with Gasteiger partial charge in [-0.3, -0.25) is 14.2 Å². The number of hydrogen-bond acceptors (Lipinski definition) is 4. The molecule has 32 heavy (non-hydrogen) atoms. The molecule has 7 nitrogen and oxygen atoms in total. The number of carbonyl (C=O) groups excluding carboxylic acids is 1. The Hall–Kier alpha value is -3.81. The zero-order valence-corrected chi connectivity index (χ0v) is 18.2. The molecule has 1 amide bonds. The summed E-state index contributed by atoms with van der Waals surface area (Å²) in [5, 5.41) is 7.45. The summed E-state index contributed by atoms with van der Waals surface area (Å²) in [5.74, 6) is 0.353. The number of benzene rings is 2. The summed E-state index contributed by atoms with van der Waals surface area (Å²) in [5.41, 5.74) is 2.65. The molecule has 0 radical (unpaired) electrons. The van der Waals surface area contributed by atoms with Crippen LogP contribution < -0.4 is 10.9 Å². The standard InChI is InChI=1S/C24H24FN5O2/c1-15(2)17-4-8-19(9-5-17)28-22(31)12-13-29-16(3)27-23-21(24(29)32)14-26-30(23)20-10-6-18(25)7-11-20/h4-11,14-15H,12-13H2,1-3H3,(H,28,31). The van der Waals surface area contributed by atoms with E-state index in [4.69, 9.17) is 0 Å². The van der Waals surface area contributed by atoms with E-state index in [1.807, 2.05) is 24.3 Å². The molecule has 0 bridgehead atoms. The molecule has 2 aromatic heterocycles. The molecule has 0 unspecified atom stereocenters. The third-order valence-corrected chi connectivity index (χ3v) is 5.37. The number of carbonyl (C=O) groups is 1. The van der Waals surface area contributed by atoms with Gasteiger partial charge in [-0.1, -0.05) is 26.0 Å². The quantitative estimate of drug-likeness (QED) is 0.495. The van der Waals surface area contributed by atoms with Crippen LogP contribution in [0.15, 0.2) is 59.5 Å². The second-order valence-electron chi connectivity index (χ2n) is 7.96. The topological polar surface area (TPSA) is 81.8 Å². The Bertz CT molecular complexity index is 1320. The maximum Gasteiger partial charge on any atom is 0.264 e. The first-order valence-corrected chi connectivity index (χ1v) is 10.4. The molecule has 164 valence electrons. The number of halogens is 1. The molecule has 0 saturated heterocycles. The molecule has 4 aromatic rings. The van der Waals surface area contributed by atoms with Crippen LogP contribution in [0, 0.1) is 12.7 Å². The molecule has 2 aromatic carbocycles. The lowest BCUT2D eigenvalue weighted by molar-refractivity contribution is -0.116. The predicted octanol–water partition coefficient (Wildman–Crippen LogP) is 4.18. The maximum absolute atomic E-state index is 13.2. The number of hydrogen-bond donors (Lipinski definition) is 1. The zero-order chi connectivity index (χ0) is 22.8. The van der Waals surface area contributed by atoms with Gasteiger partial charge in [0.05, 0.1) is 11.9 Å². The molecule has 0 aliphatic rings. The zero-order valence-electron chi connectivity index (χ0n) is 18.2. The molecule has 1 N–H and O–H groups in total. The average Bonchev–Trinajstić information content (AvgIpc) is 3.18. The smallest absolute Gasteiger partial charge is 0.264 e. The van der Waals surface area contributed by atoms with Gasteiger partial charge in [0.2, 0.25) is 5.91 Å². The highest BCUT2D eigenvalue weighted by Gasteiger charge is 2.15. The number of amides is 1. The first-order valence-electron chi connectivity index (χ1n) is 10.4. The van der Waals surface area contributed by atoms with E-state index in [2.05, 4.69) is 29.2 Å². The van der Waals surface area contributed by atoms with Crippen molar-refractivity contribution in [1.82, 2.24) is 19.3 Å². The first kappa shape index (κ1) is 21.4. The van der Waals surface area contributed by atoms with E-state index in [1.165, 1.54) is 33.1 Å². The molecule has 0 saturated carbocycles. The summed E-state index contributed by atoms with van der Waals surface area (Å²) < 4.78 is 16.2. The lowest BCUT2D eigenvalue weighted by Gasteiger charge is -2.11. The van der Waals surface area contributed by atoms with E-state index in [0.717, 1.165) is 5.69 Å². The van der Waals surface area contributed by atoms with Crippen molar-refractivity contribution in [3.63, 3.8) is 0 Å². The Balaban J connectivity index is 1.51. The number of rotatable bonds is 6. The number of aryl methyl sites for hydroxylation is 1. The third kappa shape index (κ3) is 4.30. The monoisotopic (exact) mass is 433 g/mol. The molecule has 0 fully saturated rings. The van der Waals surface area contributed by atoms with Crippen molar-refractivity contribution >= 4 is 22.6 Å². The fraction of sp³-hybridized carbons (Fsp3) is 0.250. The van der Waals surface area contributed by atoms with Gasteiger partial charge >= 0.3 is 0 Å². The summed E-state index contributed by atoms with van der Waals surface area (Å²) in [6.07, 6.45) is 1.58. The van der Waals surface area contributed by atoms with Crippen LogP contribution >= 0.6 is 0 Å². The van der Waals surface area contributed by atoms with E-state index >= 15 is 0 Å².